The summed E-state index contributed by atoms with van der Waals surface area (Å²) in [5.74, 6) is 3.07. The van der Waals surface area contributed by atoms with Gasteiger partial charge < -0.3 is 5.32 Å². The van der Waals surface area contributed by atoms with E-state index in [1.807, 2.05) is 0 Å². The molecule has 106 valence electrons. The maximum absolute atomic E-state index is 3.84. The molecule has 0 amide bonds. The van der Waals surface area contributed by atoms with Crippen molar-refractivity contribution in [3.63, 3.8) is 0 Å². The fourth-order valence-corrected chi connectivity index (χ4v) is 4.27. The topological polar surface area (TPSA) is 12.0 Å². The van der Waals surface area contributed by atoms with Gasteiger partial charge in [0.05, 0.1) is 0 Å². The molecule has 0 saturated heterocycles. The van der Waals surface area contributed by atoms with E-state index in [0.717, 1.165) is 23.8 Å². The molecule has 0 heterocycles. The average molecular weight is 251 g/mol. The van der Waals surface area contributed by atoms with E-state index in [1.165, 1.54) is 70.8 Å². The molecule has 2 fully saturated rings. The van der Waals surface area contributed by atoms with Crippen LogP contribution in [0, 0.1) is 17.8 Å². The van der Waals surface area contributed by atoms with E-state index in [4.69, 9.17) is 0 Å². The zero-order valence-corrected chi connectivity index (χ0v) is 12.6. The van der Waals surface area contributed by atoms with Gasteiger partial charge >= 0.3 is 0 Å². The van der Waals surface area contributed by atoms with E-state index in [1.54, 1.807) is 0 Å². The van der Waals surface area contributed by atoms with Crippen LogP contribution in [-0.2, 0) is 0 Å². The fourth-order valence-electron chi connectivity index (χ4n) is 4.27. The van der Waals surface area contributed by atoms with Gasteiger partial charge in [-0.15, -0.1) is 0 Å². The summed E-state index contributed by atoms with van der Waals surface area (Å²) in [6.45, 7) is 5.90. The van der Waals surface area contributed by atoms with Crippen LogP contribution < -0.4 is 5.32 Å². The van der Waals surface area contributed by atoms with Crippen LogP contribution in [0.3, 0.4) is 0 Å². The van der Waals surface area contributed by atoms with E-state index in [2.05, 4.69) is 19.2 Å². The summed E-state index contributed by atoms with van der Waals surface area (Å²) in [6.07, 6.45) is 14.7. The van der Waals surface area contributed by atoms with Crippen molar-refractivity contribution in [3.05, 3.63) is 0 Å². The van der Waals surface area contributed by atoms with Gasteiger partial charge in [-0.25, -0.2) is 0 Å². The molecule has 3 unspecified atom stereocenters. The predicted molar refractivity (Wildman–Crippen MR) is 79.8 cm³/mol. The summed E-state index contributed by atoms with van der Waals surface area (Å²) < 4.78 is 0. The summed E-state index contributed by atoms with van der Waals surface area (Å²) in [7, 11) is 0. The Morgan fingerprint density at radius 2 is 1.72 bits per heavy atom. The molecule has 2 saturated carbocycles. The minimum Gasteiger partial charge on any atom is -0.314 e. The first-order valence-corrected chi connectivity index (χ1v) is 8.56. The van der Waals surface area contributed by atoms with E-state index >= 15 is 0 Å². The lowest BCUT2D eigenvalue weighted by Gasteiger charge is -2.38. The van der Waals surface area contributed by atoms with Gasteiger partial charge in [-0.05, 0) is 56.4 Å². The van der Waals surface area contributed by atoms with E-state index in [-0.39, 0.29) is 0 Å². The van der Waals surface area contributed by atoms with Crippen LogP contribution in [0.4, 0.5) is 0 Å². The first-order valence-electron chi connectivity index (χ1n) is 8.56. The molecule has 2 aliphatic carbocycles. The summed E-state index contributed by atoms with van der Waals surface area (Å²) in [4.78, 5) is 0. The Bertz CT molecular complexity index is 220. The van der Waals surface area contributed by atoms with Crippen molar-refractivity contribution in [1.29, 1.82) is 0 Å². The summed E-state index contributed by atoms with van der Waals surface area (Å²) in [6, 6.07) is 0.841. The van der Waals surface area contributed by atoms with Gasteiger partial charge in [0.2, 0.25) is 0 Å². The van der Waals surface area contributed by atoms with Crippen LogP contribution in [-0.4, -0.2) is 12.6 Å². The molecular formula is C17H33N. The maximum Gasteiger partial charge on any atom is 0.00956 e. The molecule has 3 atom stereocenters. The van der Waals surface area contributed by atoms with E-state index in [9.17, 15) is 0 Å². The second-order valence-corrected chi connectivity index (χ2v) is 6.79. The van der Waals surface area contributed by atoms with Crippen LogP contribution in [0.15, 0.2) is 0 Å². The monoisotopic (exact) mass is 251 g/mol. The minimum absolute atomic E-state index is 0.841. The third-order valence-corrected chi connectivity index (χ3v) is 5.44. The second-order valence-electron chi connectivity index (χ2n) is 6.79. The van der Waals surface area contributed by atoms with Gasteiger partial charge in [0.25, 0.3) is 0 Å². The van der Waals surface area contributed by atoms with Crippen molar-refractivity contribution in [1.82, 2.24) is 5.32 Å². The zero-order chi connectivity index (χ0) is 12.8. The largest absolute Gasteiger partial charge is 0.314 e. The van der Waals surface area contributed by atoms with Gasteiger partial charge in [-0.1, -0.05) is 46.0 Å². The van der Waals surface area contributed by atoms with Crippen molar-refractivity contribution in [2.75, 3.05) is 6.54 Å². The van der Waals surface area contributed by atoms with Gasteiger partial charge in [0, 0.05) is 6.04 Å². The quantitative estimate of drug-likeness (QED) is 0.717. The molecule has 1 nitrogen and oxygen atoms in total. The van der Waals surface area contributed by atoms with Gasteiger partial charge in [-0.2, -0.15) is 0 Å². The minimum atomic E-state index is 0.841. The highest BCUT2D eigenvalue weighted by molar-refractivity contribution is 4.86. The van der Waals surface area contributed by atoms with Crippen molar-refractivity contribution >= 4 is 0 Å². The lowest BCUT2D eigenvalue weighted by atomic mass is 9.73. The molecule has 0 aromatic rings. The number of hydrogen-bond acceptors (Lipinski definition) is 1. The van der Waals surface area contributed by atoms with Gasteiger partial charge in [0.1, 0.15) is 0 Å². The molecule has 0 aliphatic heterocycles. The highest BCUT2D eigenvalue weighted by atomic mass is 14.9. The maximum atomic E-state index is 3.84. The number of nitrogens with one attached hydrogen (secondary N) is 1. The van der Waals surface area contributed by atoms with Crippen molar-refractivity contribution < 1.29 is 0 Å². The fraction of sp³-hybridized carbons (Fsp3) is 1.00. The second kappa shape index (κ2) is 7.53. The normalized spacial score (nSPS) is 34.0. The Labute approximate surface area is 114 Å². The predicted octanol–water partition coefficient (Wildman–Crippen LogP) is 4.76. The summed E-state index contributed by atoms with van der Waals surface area (Å²) in [5.41, 5.74) is 0. The van der Waals surface area contributed by atoms with Crippen LogP contribution >= 0.6 is 0 Å². The molecular weight excluding hydrogens is 218 g/mol. The number of rotatable bonds is 6. The molecule has 0 bridgehead atoms. The van der Waals surface area contributed by atoms with Crippen LogP contribution in [0.5, 0.6) is 0 Å². The van der Waals surface area contributed by atoms with Gasteiger partial charge in [-0.3, -0.25) is 0 Å². The third kappa shape index (κ3) is 3.98. The highest BCUT2D eigenvalue weighted by Gasteiger charge is 2.31. The average Bonchev–Trinajstić information content (AvgIpc) is 2.90. The molecule has 0 radical (unpaired) electrons. The molecule has 0 aromatic carbocycles. The molecule has 2 rings (SSSR count). The zero-order valence-electron chi connectivity index (χ0n) is 12.6. The van der Waals surface area contributed by atoms with Crippen LogP contribution in [0.25, 0.3) is 0 Å². The van der Waals surface area contributed by atoms with Crippen LogP contribution in [0.1, 0.15) is 78.1 Å². The Morgan fingerprint density at radius 1 is 0.944 bits per heavy atom. The summed E-state index contributed by atoms with van der Waals surface area (Å²) >= 11 is 0. The van der Waals surface area contributed by atoms with Gasteiger partial charge in [0.15, 0.2) is 0 Å². The highest BCUT2D eigenvalue weighted by Crippen LogP contribution is 2.39. The van der Waals surface area contributed by atoms with Crippen LogP contribution in [0.2, 0.25) is 0 Å². The molecule has 0 aromatic heterocycles. The SMILES string of the molecule is CCCNC1CCC(CC)CC1CC1CCCC1. The third-order valence-electron chi connectivity index (χ3n) is 5.44. The Balaban J connectivity index is 1.85. The van der Waals surface area contributed by atoms with E-state index < -0.39 is 0 Å². The standard InChI is InChI=1S/C17H33N/c1-3-11-18-17-10-9-14(4-2)12-16(17)13-15-7-5-6-8-15/h14-18H,3-13H2,1-2H3. The Hall–Kier alpha value is -0.0400. The van der Waals surface area contributed by atoms with E-state index in [0.29, 0.717) is 0 Å². The molecule has 1 N–H and O–H groups in total. The lowest BCUT2D eigenvalue weighted by molar-refractivity contribution is 0.170. The smallest absolute Gasteiger partial charge is 0.00956 e. The Morgan fingerprint density at radius 3 is 2.39 bits per heavy atom. The molecule has 2 aliphatic rings. The first-order chi connectivity index (χ1) is 8.83. The molecule has 1 heteroatoms. The lowest BCUT2D eigenvalue weighted by Crippen LogP contribution is -2.41. The molecule has 18 heavy (non-hydrogen) atoms. The van der Waals surface area contributed by atoms with Crippen molar-refractivity contribution in [3.8, 4) is 0 Å². The Kier molecular flexibility index (Phi) is 6.01. The van der Waals surface area contributed by atoms with Crippen molar-refractivity contribution in [2.45, 2.75) is 84.1 Å². The first kappa shape index (κ1) is 14.4. The number of hydrogen-bond donors (Lipinski definition) is 1. The summed E-state index contributed by atoms with van der Waals surface area (Å²) in [5, 5.41) is 3.84. The van der Waals surface area contributed by atoms with Crippen molar-refractivity contribution in [2.24, 2.45) is 17.8 Å². The molecule has 0 spiro atoms.